The van der Waals surface area contributed by atoms with Crippen molar-refractivity contribution in [1.29, 1.82) is 0 Å². The van der Waals surface area contributed by atoms with Gasteiger partial charge >= 0.3 is 0 Å². The predicted molar refractivity (Wildman–Crippen MR) is 97.4 cm³/mol. The summed E-state index contributed by atoms with van der Waals surface area (Å²) < 4.78 is 5.04. The summed E-state index contributed by atoms with van der Waals surface area (Å²) in [6, 6.07) is 9.48. The molecule has 0 amide bonds. The number of hydrogen-bond donors (Lipinski definition) is 5. The van der Waals surface area contributed by atoms with Crippen molar-refractivity contribution in [2.45, 2.75) is 37.9 Å². The average molecular weight is 361 g/mol. The fourth-order valence-electron chi connectivity index (χ4n) is 2.68. The van der Waals surface area contributed by atoms with Gasteiger partial charge in [-0.25, -0.2) is 0 Å². The van der Waals surface area contributed by atoms with Crippen LogP contribution < -0.4 is 4.74 Å². The molecule has 0 saturated carbocycles. The molecule has 6 heteroatoms. The first kappa shape index (κ1) is 19.9. The summed E-state index contributed by atoms with van der Waals surface area (Å²) in [5.41, 5.74) is 1.62. The molecule has 0 heterocycles. The van der Waals surface area contributed by atoms with Gasteiger partial charge in [0, 0.05) is 0 Å². The van der Waals surface area contributed by atoms with E-state index in [0.29, 0.717) is 25.0 Å². The first-order chi connectivity index (χ1) is 12.4. The van der Waals surface area contributed by atoms with Crippen molar-refractivity contribution in [3.8, 4) is 23.0 Å². The minimum absolute atomic E-state index is 0.0564. The van der Waals surface area contributed by atoms with E-state index in [1.807, 2.05) is 6.42 Å². The smallest absolute Gasteiger partial charge is 0.160 e. The molecule has 0 bridgehead atoms. The van der Waals surface area contributed by atoms with E-state index in [0.717, 1.165) is 11.1 Å². The highest BCUT2D eigenvalue weighted by Crippen LogP contribution is 2.28. The Labute approximate surface area is 152 Å². The van der Waals surface area contributed by atoms with Crippen LogP contribution in [0.25, 0.3) is 0 Å². The van der Waals surface area contributed by atoms with Gasteiger partial charge in [-0.15, -0.1) is 0 Å². The third-order valence-corrected chi connectivity index (χ3v) is 4.18. The van der Waals surface area contributed by atoms with Gasteiger partial charge in [0.25, 0.3) is 0 Å². The van der Waals surface area contributed by atoms with Gasteiger partial charge in [-0.3, -0.25) is 0 Å². The van der Waals surface area contributed by atoms with Crippen LogP contribution in [0.15, 0.2) is 36.4 Å². The first-order valence-corrected chi connectivity index (χ1v) is 8.46. The Morgan fingerprint density at radius 2 is 1.65 bits per heavy atom. The van der Waals surface area contributed by atoms with E-state index in [4.69, 9.17) is 4.74 Å². The van der Waals surface area contributed by atoms with Crippen LogP contribution in [0.2, 0.25) is 0 Å². The first-order valence-electron chi connectivity index (χ1n) is 8.46. The van der Waals surface area contributed by atoms with Crippen molar-refractivity contribution in [2.24, 2.45) is 0 Å². The molecular formula is C20H25O6. The monoisotopic (exact) mass is 361 g/mol. The SMILES string of the molecule is COc1cc([CH]CC(O)CC(O)CCc2ccc(O)c(O)c2)ccc1O. The van der Waals surface area contributed by atoms with Crippen molar-refractivity contribution < 1.29 is 30.3 Å². The molecule has 26 heavy (non-hydrogen) atoms. The van der Waals surface area contributed by atoms with Crippen molar-refractivity contribution >= 4 is 0 Å². The molecule has 2 rings (SSSR count). The van der Waals surface area contributed by atoms with Crippen molar-refractivity contribution in [1.82, 2.24) is 0 Å². The normalized spacial score (nSPS) is 13.3. The Kier molecular flexibility index (Phi) is 7.12. The summed E-state index contributed by atoms with van der Waals surface area (Å²) in [6.45, 7) is 0. The van der Waals surface area contributed by atoms with Gasteiger partial charge in [0.05, 0.1) is 19.3 Å². The summed E-state index contributed by atoms with van der Waals surface area (Å²) in [5.74, 6) is 0.0633. The zero-order valence-corrected chi connectivity index (χ0v) is 14.7. The Morgan fingerprint density at radius 3 is 2.35 bits per heavy atom. The van der Waals surface area contributed by atoms with Crippen LogP contribution in [-0.4, -0.2) is 44.9 Å². The molecule has 0 fully saturated rings. The number of phenolic OH excluding ortho intramolecular Hbond substituents is 3. The molecule has 6 nitrogen and oxygen atoms in total. The van der Waals surface area contributed by atoms with Gasteiger partial charge in [0.1, 0.15) is 0 Å². The third-order valence-electron chi connectivity index (χ3n) is 4.18. The average Bonchev–Trinajstić information content (AvgIpc) is 2.62. The molecule has 141 valence electrons. The maximum absolute atomic E-state index is 10.1. The molecule has 2 aromatic carbocycles. The lowest BCUT2D eigenvalue weighted by molar-refractivity contribution is 0.0759. The molecule has 0 spiro atoms. The zero-order valence-electron chi connectivity index (χ0n) is 14.7. The highest BCUT2D eigenvalue weighted by Gasteiger charge is 2.13. The molecular weight excluding hydrogens is 336 g/mol. The third kappa shape index (κ3) is 5.82. The lowest BCUT2D eigenvalue weighted by Crippen LogP contribution is -2.18. The minimum Gasteiger partial charge on any atom is -0.504 e. The Hall–Kier alpha value is -2.44. The summed E-state index contributed by atoms with van der Waals surface area (Å²) in [6.07, 6.45) is 2.01. The van der Waals surface area contributed by atoms with E-state index in [1.54, 1.807) is 18.2 Å². The molecule has 0 aliphatic rings. The maximum atomic E-state index is 10.1. The van der Waals surface area contributed by atoms with Crippen LogP contribution in [0.3, 0.4) is 0 Å². The topological polar surface area (TPSA) is 110 Å². The molecule has 2 unspecified atom stereocenters. The van der Waals surface area contributed by atoms with Gasteiger partial charge in [0.2, 0.25) is 0 Å². The van der Waals surface area contributed by atoms with Gasteiger partial charge in [0.15, 0.2) is 23.0 Å². The van der Waals surface area contributed by atoms with Crippen LogP contribution in [0.4, 0.5) is 0 Å². The Morgan fingerprint density at radius 1 is 0.923 bits per heavy atom. The fourth-order valence-corrected chi connectivity index (χ4v) is 2.68. The molecule has 0 aliphatic heterocycles. The predicted octanol–water partition coefficient (Wildman–Crippen LogP) is 2.50. The van der Waals surface area contributed by atoms with Gasteiger partial charge in [-0.2, -0.15) is 0 Å². The van der Waals surface area contributed by atoms with Gasteiger partial charge in [-0.05, 0) is 67.5 Å². The number of ether oxygens (including phenoxy) is 1. The van der Waals surface area contributed by atoms with Crippen LogP contribution in [-0.2, 0) is 6.42 Å². The Balaban J connectivity index is 1.76. The lowest BCUT2D eigenvalue weighted by Gasteiger charge is -2.16. The van der Waals surface area contributed by atoms with Gasteiger partial charge in [-0.1, -0.05) is 12.1 Å². The van der Waals surface area contributed by atoms with Crippen LogP contribution in [0, 0.1) is 6.42 Å². The molecule has 0 saturated heterocycles. The van der Waals surface area contributed by atoms with Gasteiger partial charge < -0.3 is 30.3 Å². The van der Waals surface area contributed by atoms with E-state index >= 15 is 0 Å². The number of phenols is 3. The minimum atomic E-state index is -0.696. The number of aliphatic hydroxyl groups excluding tert-OH is 2. The standard InChI is InChI=1S/C20H25O6/c1-26-20-11-14(5-9-18(20)24)3-7-16(22)12-15(21)6-2-13-4-8-17(23)19(25)10-13/h3-5,8-11,15-16,21-25H,2,6-7,12H2,1H3. The quantitative estimate of drug-likeness (QED) is 0.439. The lowest BCUT2D eigenvalue weighted by atomic mass is 9.99. The molecule has 1 radical (unpaired) electrons. The van der Waals surface area contributed by atoms with Crippen LogP contribution >= 0.6 is 0 Å². The zero-order chi connectivity index (χ0) is 19.1. The number of aromatic hydroxyl groups is 3. The van der Waals surface area contributed by atoms with E-state index in [9.17, 15) is 25.5 Å². The van der Waals surface area contributed by atoms with E-state index < -0.39 is 12.2 Å². The largest absolute Gasteiger partial charge is 0.504 e. The number of aliphatic hydroxyl groups is 2. The number of rotatable bonds is 9. The number of aryl methyl sites for hydroxylation is 1. The fraction of sp³-hybridized carbons (Fsp3) is 0.350. The highest BCUT2D eigenvalue weighted by molar-refractivity contribution is 5.44. The van der Waals surface area contributed by atoms with Crippen molar-refractivity contribution in [3.63, 3.8) is 0 Å². The molecule has 2 atom stereocenters. The second-order valence-corrected chi connectivity index (χ2v) is 6.28. The van der Waals surface area contributed by atoms with E-state index in [2.05, 4.69) is 0 Å². The summed E-state index contributed by atoms with van der Waals surface area (Å²) in [5, 5.41) is 48.5. The van der Waals surface area contributed by atoms with Crippen molar-refractivity contribution in [2.75, 3.05) is 7.11 Å². The summed E-state index contributed by atoms with van der Waals surface area (Å²) >= 11 is 0. The molecule has 0 aromatic heterocycles. The highest BCUT2D eigenvalue weighted by atomic mass is 16.5. The van der Waals surface area contributed by atoms with Crippen molar-refractivity contribution in [3.05, 3.63) is 53.9 Å². The summed E-state index contributed by atoms with van der Waals surface area (Å²) in [4.78, 5) is 0. The Bertz CT molecular complexity index is 715. The summed E-state index contributed by atoms with van der Waals surface area (Å²) in [7, 11) is 1.47. The maximum Gasteiger partial charge on any atom is 0.160 e. The van der Waals surface area contributed by atoms with Crippen LogP contribution in [0.1, 0.15) is 30.4 Å². The molecule has 5 N–H and O–H groups in total. The molecule has 2 aromatic rings. The molecule has 0 aliphatic carbocycles. The second kappa shape index (κ2) is 9.31. The van der Waals surface area contributed by atoms with Crippen LogP contribution in [0.5, 0.6) is 23.0 Å². The second-order valence-electron chi connectivity index (χ2n) is 6.28. The van der Waals surface area contributed by atoms with E-state index in [1.165, 1.54) is 25.3 Å². The number of methoxy groups -OCH3 is 1. The van der Waals surface area contributed by atoms with E-state index in [-0.39, 0.29) is 23.7 Å². The number of benzene rings is 2. The number of hydrogen-bond acceptors (Lipinski definition) is 6.